The monoisotopic (exact) mass is 497 g/mol. The Hall–Kier alpha value is -3.38. The second-order valence-corrected chi connectivity index (χ2v) is 9.88. The Bertz CT molecular complexity index is 1170. The molecule has 1 aromatic carbocycles. The number of rotatable bonds is 9. The van der Waals surface area contributed by atoms with Crippen LogP contribution in [0.4, 0.5) is 21.8 Å². The number of fused-ring (bicyclic) bond motifs is 1. The summed E-state index contributed by atoms with van der Waals surface area (Å²) in [5.41, 5.74) is 1.38. The number of nitrogens with one attached hydrogen (secondary N) is 2. The van der Waals surface area contributed by atoms with Gasteiger partial charge in [0.1, 0.15) is 24.4 Å². The number of ether oxygens (including phenoxy) is 2. The van der Waals surface area contributed by atoms with Crippen LogP contribution in [0.3, 0.4) is 0 Å². The summed E-state index contributed by atoms with van der Waals surface area (Å²) in [5, 5.41) is 17.9. The SMILES string of the molecule is COCCOc1ccc(Nc2ncc(F)c(N[C@@H]3C[C@@H]4CCCN4C(C)(C)C3)n2)cc1-n1cnnn1. The maximum atomic E-state index is 14.7. The van der Waals surface area contributed by atoms with Gasteiger partial charge >= 0.3 is 0 Å². The van der Waals surface area contributed by atoms with Crippen LogP contribution in [-0.2, 0) is 4.74 Å². The van der Waals surface area contributed by atoms with Crippen LogP contribution >= 0.6 is 0 Å². The number of aromatic nitrogens is 6. The molecule has 5 rings (SSSR count). The van der Waals surface area contributed by atoms with Crippen molar-refractivity contribution in [3.63, 3.8) is 0 Å². The summed E-state index contributed by atoms with van der Waals surface area (Å²) in [5.74, 6) is 0.615. The first kappa shape index (κ1) is 24.3. The zero-order valence-corrected chi connectivity index (χ0v) is 20.8. The predicted molar refractivity (Wildman–Crippen MR) is 132 cm³/mol. The Balaban J connectivity index is 1.33. The van der Waals surface area contributed by atoms with Crippen molar-refractivity contribution in [1.82, 2.24) is 35.1 Å². The molecule has 36 heavy (non-hydrogen) atoms. The lowest BCUT2D eigenvalue weighted by Gasteiger charge is -2.47. The number of nitrogens with zero attached hydrogens (tertiary/aromatic N) is 7. The van der Waals surface area contributed by atoms with E-state index in [-0.39, 0.29) is 23.3 Å². The molecule has 0 unspecified atom stereocenters. The highest BCUT2D eigenvalue weighted by atomic mass is 19.1. The van der Waals surface area contributed by atoms with Gasteiger partial charge in [0.15, 0.2) is 11.6 Å². The van der Waals surface area contributed by atoms with Crippen LogP contribution in [0.25, 0.3) is 5.69 Å². The van der Waals surface area contributed by atoms with E-state index >= 15 is 0 Å². The van der Waals surface area contributed by atoms with Crippen LogP contribution in [0, 0.1) is 5.82 Å². The molecule has 0 spiro atoms. The molecule has 0 bridgehead atoms. The van der Waals surface area contributed by atoms with Gasteiger partial charge in [-0.25, -0.2) is 9.37 Å². The van der Waals surface area contributed by atoms with Crippen LogP contribution in [-0.4, -0.2) is 79.6 Å². The van der Waals surface area contributed by atoms with Crippen molar-refractivity contribution in [1.29, 1.82) is 0 Å². The maximum absolute atomic E-state index is 14.7. The van der Waals surface area contributed by atoms with Gasteiger partial charge in [-0.2, -0.15) is 9.67 Å². The van der Waals surface area contributed by atoms with Crippen molar-refractivity contribution in [3.05, 3.63) is 36.5 Å². The van der Waals surface area contributed by atoms with Gasteiger partial charge < -0.3 is 20.1 Å². The quantitative estimate of drug-likeness (QED) is 0.427. The van der Waals surface area contributed by atoms with Crippen LogP contribution in [0.2, 0.25) is 0 Å². The molecule has 2 saturated heterocycles. The van der Waals surface area contributed by atoms with Crippen molar-refractivity contribution < 1.29 is 13.9 Å². The summed E-state index contributed by atoms with van der Waals surface area (Å²) in [6.07, 6.45) is 6.99. The molecule has 12 heteroatoms. The smallest absolute Gasteiger partial charge is 0.229 e. The lowest BCUT2D eigenvalue weighted by Crippen LogP contribution is -2.55. The fourth-order valence-corrected chi connectivity index (χ4v) is 5.37. The molecule has 2 aromatic heterocycles. The largest absolute Gasteiger partial charge is 0.489 e. The van der Waals surface area contributed by atoms with E-state index in [0.29, 0.717) is 36.4 Å². The number of benzene rings is 1. The third-order valence-corrected chi connectivity index (χ3v) is 6.90. The van der Waals surface area contributed by atoms with Crippen LogP contribution in [0.15, 0.2) is 30.7 Å². The maximum Gasteiger partial charge on any atom is 0.229 e. The average Bonchev–Trinajstić information content (AvgIpc) is 3.55. The van der Waals surface area contributed by atoms with Gasteiger partial charge in [0.05, 0.1) is 12.8 Å². The third-order valence-electron chi connectivity index (χ3n) is 6.90. The predicted octanol–water partition coefficient (Wildman–Crippen LogP) is 3.18. The molecule has 3 aromatic rings. The standard InChI is InChI=1S/C24H32FN9O2/c1-24(2)13-17(11-18-5-4-8-33(18)24)28-22-19(25)14-26-23(30-22)29-16-6-7-21(36-10-9-35-3)20(12-16)34-15-27-31-32-34/h6-7,12,14-15,17-18H,4-5,8-11,13H2,1-3H3,(H2,26,28,29,30)/t17-,18+/m1/s1. The number of tetrazole rings is 1. The van der Waals surface area contributed by atoms with E-state index < -0.39 is 5.82 Å². The van der Waals surface area contributed by atoms with E-state index in [9.17, 15) is 4.39 Å². The van der Waals surface area contributed by atoms with Crippen LogP contribution in [0.5, 0.6) is 5.75 Å². The van der Waals surface area contributed by atoms with Crippen molar-refractivity contribution in [3.8, 4) is 11.4 Å². The second kappa shape index (κ2) is 10.3. The van der Waals surface area contributed by atoms with Crippen molar-refractivity contribution in [2.75, 3.05) is 37.5 Å². The molecule has 0 amide bonds. The molecular formula is C24H32FN9O2. The number of hydrogen-bond donors (Lipinski definition) is 2. The van der Waals surface area contributed by atoms with E-state index in [2.05, 4.69) is 54.9 Å². The van der Waals surface area contributed by atoms with Gasteiger partial charge in [0.25, 0.3) is 0 Å². The number of piperidine rings is 1. The van der Waals surface area contributed by atoms with Crippen molar-refractivity contribution >= 4 is 17.5 Å². The van der Waals surface area contributed by atoms with Gasteiger partial charge in [0, 0.05) is 30.4 Å². The van der Waals surface area contributed by atoms with E-state index in [4.69, 9.17) is 9.47 Å². The van der Waals surface area contributed by atoms with Crippen molar-refractivity contribution in [2.45, 2.75) is 57.2 Å². The fourth-order valence-electron chi connectivity index (χ4n) is 5.37. The number of halogens is 1. The number of hydrogen-bond acceptors (Lipinski definition) is 10. The van der Waals surface area contributed by atoms with Crippen LogP contribution in [0.1, 0.15) is 39.5 Å². The fraction of sp³-hybridized carbons (Fsp3) is 0.542. The lowest BCUT2D eigenvalue weighted by molar-refractivity contribution is 0.0500. The zero-order valence-electron chi connectivity index (χ0n) is 20.8. The summed E-state index contributed by atoms with van der Waals surface area (Å²) < 4.78 is 27.1. The van der Waals surface area contributed by atoms with E-state index in [1.165, 1.54) is 30.0 Å². The Kier molecular flexibility index (Phi) is 6.97. The van der Waals surface area contributed by atoms with Crippen LogP contribution < -0.4 is 15.4 Å². The highest BCUT2D eigenvalue weighted by Gasteiger charge is 2.43. The van der Waals surface area contributed by atoms with Gasteiger partial charge in [-0.3, -0.25) is 4.90 Å². The minimum Gasteiger partial charge on any atom is -0.489 e. The first-order chi connectivity index (χ1) is 17.4. The zero-order chi connectivity index (χ0) is 25.1. The summed E-state index contributed by atoms with van der Waals surface area (Å²) in [6, 6.07) is 6.12. The molecular weight excluding hydrogens is 465 g/mol. The lowest BCUT2D eigenvalue weighted by atomic mass is 9.84. The van der Waals surface area contributed by atoms with Gasteiger partial charge in [-0.15, -0.1) is 5.10 Å². The first-order valence-electron chi connectivity index (χ1n) is 12.2. The summed E-state index contributed by atoms with van der Waals surface area (Å²) in [6.45, 7) is 6.51. The van der Waals surface area contributed by atoms with E-state index in [1.807, 2.05) is 12.1 Å². The molecule has 11 nitrogen and oxygen atoms in total. The Labute approximate surface area is 209 Å². The summed E-state index contributed by atoms with van der Waals surface area (Å²) >= 11 is 0. The minimum atomic E-state index is -0.469. The molecule has 4 heterocycles. The molecule has 2 atom stereocenters. The van der Waals surface area contributed by atoms with E-state index in [0.717, 1.165) is 19.4 Å². The normalized spacial score (nSPS) is 21.2. The third kappa shape index (κ3) is 5.24. The summed E-state index contributed by atoms with van der Waals surface area (Å²) in [4.78, 5) is 11.2. The second-order valence-electron chi connectivity index (χ2n) is 9.88. The van der Waals surface area contributed by atoms with E-state index in [1.54, 1.807) is 13.2 Å². The number of methoxy groups -OCH3 is 1. The highest BCUT2D eigenvalue weighted by molar-refractivity contribution is 5.62. The molecule has 2 aliphatic rings. The Morgan fingerprint density at radius 2 is 2.14 bits per heavy atom. The molecule has 2 aliphatic heterocycles. The molecule has 0 aliphatic carbocycles. The molecule has 0 saturated carbocycles. The minimum absolute atomic E-state index is 0.0708. The Morgan fingerprint density at radius 3 is 2.94 bits per heavy atom. The first-order valence-corrected chi connectivity index (χ1v) is 12.2. The highest BCUT2D eigenvalue weighted by Crippen LogP contribution is 2.38. The molecule has 0 radical (unpaired) electrons. The summed E-state index contributed by atoms with van der Waals surface area (Å²) in [7, 11) is 1.61. The number of anilines is 3. The van der Waals surface area contributed by atoms with Gasteiger partial charge in [-0.1, -0.05) is 0 Å². The molecule has 192 valence electrons. The van der Waals surface area contributed by atoms with Gasteiger partial charge in [0.2, 0.25) is 5.95 Å². The molecule has 2 N–H and O–H groups in total. The average molecular weight is 498 g/mol. The van der Waals surface area contributed by atoms with Gasteiger partial charge in [-0.05, 0) is 74.7 Å². The topological polar surface area (TPSA) is 115 Å². The van der Waals surface area contributed by atoms with Crippen molar-refractivity contribution in [2.24, 2.45) is 0 Å². The molecule has 2 fully saturated rings. The Morgan fingerprint density at radius 1 is 1.25 bits per heavy atom.